The van der Waals surface area contributed by atoms with E-state index in [-0.39, 0.29) is 24.2 Å². The highest BCUT2D eigenvalue weighted by Gasteiger charge is 2.26. The van der Waals surface area contributed by atoms with Gasteiger partial charge in [-0.15, -0.1) is 0 Å². The van der Waals surface area contributed by atoms with Gasteiger partial charge in [-0.2, -0.15) is 0 Å². The number of benzene rings is 1. The van der Waals surface area contributed by atoms with E-state index < -0.39 is 11.9 Å². The van der Waals surface area contributed by atoms with Crippen molar-refractivity contribution in [2.75, 3.05) is 19.7 Å². The van der Waals surface area contributed by atoms with Gasteiger partial charge in [0.15, 0.2) is 18.2 Å². The topological polar surface area (TPSA) is 49.8 Å². The van der Waals surface area contributed by atoms with E-state index in [0.29, 0.717) is 13.1 Å². The van der Waals surface area contributed by atoms with E-state index in [1.165, 1.54) is 12.1 Å². The summed E-state index contributed by atoms with van der Waals surface area (Å²) in [5.41, 5.74) is 0. The highest BCUT2D eigenvalue weighted by atomic mass is 19.1. The molecule has 110 valence electrons. The third kappa shape index (κ3) is 3.70. The number of carbonyl (C=O) groups is 1. The van der Waals surface area contributed by atoms with Gasteiger partial charge >= 0.3 is 0 Å². The molecule has 1 amide bonds. The van der Waals surface area contributed by atoms with Crippen molar-refractivity contribution in [1.82, 2.24) is 4.90 Å². The highest BCUT2D eigenvalue weighted by Crippen LogP contribution is 2.20. The van der Waals surface area contributed by atoms with Crippen molar-refractivity contribution in [2.45, 2.75) is 25.9 Å². The minimum absolute atomic E-state index is 0.0879. The molecule has 0 spiro atoms. The summed E-state index contributed by atoms with van der Waals surface area (Å²) >= 11 is 0. The molecule has 1 fully saturated rings. The fraction of sp³-hybridized carbons (Fsp3) is 0.533. The quantitative estimate of drug-likeness (QED) is 0.916. The second-order valence-electron chi connectivity index (χ2n) is 5.20. The maximum Gasteiger partial charge on any atom is 0.260 e. The lowest BCUT2D eigenvalue weighted by atomic mass is 9.93. The number of halogens is 1. The van der Waals surface area contributed by atoms with Crippen molar-refractivity contribution in [1.29, 1.82) is 0 Å². The molecular formula is C15H20FNO3. The predicted molar refractivity (Wildman–Crippen MR) is 72.9 cm³/mol. The number of para-hydroxylation sites is 1. The van der Waals surface area contributed by atoms with Gasteiger partial charge < -0.3 is 14.7 Å². The average Bonchev–Trinajstić information content (AvgIpc) is 2.46. The molecule has 2 unspecified atom stereocenters. The molecule has 1 aromatic carbocycles. The van der Waals surface area contributed by atoms with E-state index in [4.69, 9.17) is 4.74 Å². The van der Waals surface area contributed by atoms with Crippen molar-refractivity contribution in [3.8, 4) is 5.75 Å². The molecule has 1 saturated heterocycles. The Labute approximate surface area is 118 Å². The number of aliphatic hydroxyl groups is 1. The Bertz CT molecular complexity index is 464. The fourth-order valence-electron chi connectivity index (χ4n) is 2.42. The van der Waals surface area contributed by atoms with Gasteiger partial charge in [-0.05, 0) is 31.9 Å². The largest absolute Gasteiger partial charge is 0.481 e. The first-order valence-electron chi connectivity index (χ1n) is 6.91. The van der Waals surface area contributed by atoms with E-state index in [9.17, 15) is 14.3 Å². The number of likely N-dealkylation sites (tertiary alicyclic amines) is 1. The molecular weight excluding hydrogens is 261 g/mol. The van der Waals surface area contributed by atoms with E-state index in [1.807, 2.05) is 0 Å². The molecule has 0 aromatic heterocycles. The number of aliphatic hydroxyl groups excluding tert-OH is 1. The monoisotopic (exact) mass is 281 g/mol. The van der Waals surface area contributed by atoms with E-state index in [2.05, 4.69) is 0 Å². The van der Waals surface area contributed by atoms with Crippen molar-refractivity contribution < 1.29 is 19.0 Å². The van der Waals surface area contributed by atoms with Crippen molar-refractivity contribution in [3.63, 3.8) is 0 Å². The number of nitrogens with zero attached hydrogens (tertiary/aromatic N) is 1. The summed E-state index contributed by atoms with van der Waals surface area (Å²) in [5, 5.41) is 9.60. The van der Waals surface area contributed by atoms with Crippen LogP contribution in [0.1, 0.15) is 19.8 Å². The summed E-state index contributed by atoms with van der Waals surface area (Å²) in [7, 11) is 0. The molecule has 20 heavy (non-hydrogen) atoms. The van der Waals surface area contributed by atoms with Gasteiger partial charge in [0.05, 0.1) is 6.10 Å². The second-order valence-corrected chi connectivity index (χ2v) is 5.20. The predicted octanol–water partition coefficient (Wildman–Crippen LogP) is 1.82. The molecule has 0 radical (unpaired) electrons. The second kappa shape index (κ2) is 6.70. The minimum atomic E-state index is -0.471. The number of piperidine rings is 1. The third-order valence-corrected chi connectivity index (χ3v) is 3.68. The van der Waals surface area contributed by atoms with Gasteiger partial charge in [0.1, 0.15) is 0 Å². The lowest BCUT2D eigenvalue weighted by Crippen LogP contribution is -2.44. The van der Waals surface area contributed by atoms with Gasteiger partial charge in [-0.3, -0.25) is 4.79 Å². The summed E-state index contributed by atoms with van der Waals surface area (Å²) < 4.78 is 18.6. The number of ether oxygens (including phenoxy) is 1. The third-order valence-electron chi connectivity index (χ3n) is 3.68. The van der Waals surface area contributed by atoms with E-state index in [1.54, 1.807) is 24.0 Å². The summed E-state index contributed by atoms with van der Waals surface area (Å²) in [5.74, 6) is -0.439. The fourth-order valence-corrected chi connectivity index (χ4v) is 2.42. The zero-order valence-electron chi connectivity index (χ0n) is 11.6. The maximum atomic E-state index is 13.4. The SMILES string of the molecule is CC(O)C1CCCN(C(=O)COc2ccccc2F)C1. The van der Waals surface area contributed by atoms with Crippen LogP contribution >= 0.6 is 0 Å². The lowest BCUT2D eigenvalue weighted by molar-refractivity contribution is -0.136. The smallest absolute Gasteiger partial charge is 0.260 e. The number of amides is 1. The summed E-state index contributed by atoms with van der Waals surface area (Å²) in [4.78, 5) is 13.7. The Hall–Kier alpha value is -1.62. The first kappa shape index (κ1) is 14.8. The van der Waals surface area contributed by atoms with Crippen LogP contribution in [0.5, 0.6) is 5.75 Å². The van der Waals surface area contributed by atoms with Crippen LogP contribution in [-0.4, -0.2) is 41.7 Å². The normalized spacial score (nSPS) is 20.6. The number of hydrogen-bond donors (Lipinski definition) is 1. The maximum absolute atomic E-state index is 13.4. The van der Waals surface area contributed by atoms with Gasteiger partial charge in [-0.1, -0.05) is 12.1 Å². The molecule has 2 atom stereocenters. The van der Waals surface area contributed by atoms with E-state index >= 15 is 0 Å². The molecule has 1 aliphatic rings. The Morgan fingerprint density at radius 1 is 1.55 bits per heavy atom. The van der Waals surface area contributed by atoms with Crippen LogP contribution in [0.3, 0.4) is 0 Å². The standard InChI is InChI=1S/C15H20FNO3/c1-11(18)12-5-4-8-17(9-12)15(19)10-20-14-7-3-2-6-13(14)16/h2-3,6-7,11-12,18H,4-5,8-10H2,1H3. The Kier molecular flexibility index (Phi) is 4.95. The molecule has 2 rings (SSSR count). The summed E-state index contributed by atoms with van der Waals surface area (Å²) in [6, 6.07) is 6.02. The van der Waals surface area contributed by atoms with Crippen LogP contribution in [0.25, 0.3) is 0 Å². The van der Waals surface area contributed by atoms with E-state index in [0.717, 1.165) is 12.8 Å². The zero-order valence-corrected chi connectivity index (χ0v) is 11.6. The van der Waals surface area contributed by atoms with Crippen molar-refractivity contribution >= 4 is 5.91 Å². The minimum Gasteiger partial charge on any atom is -0.481 e. The molecule has 1 aliphatic heterocycles. The molecule has 1 heterocycles. The van der Waals surface area contributed by atoms with Gasteiger partial charge in [-0.25, -0.2) is 4.39 Å². The van der Waals surface area contributed by atoms with Crippen LogP contribution in [0.2, 0.25) is 0 Å². The van der Waals surface area contributed by atoms with Gasteiger partial charge in [0.25, 0.3) is 5.91 Å². The molecule has 5 heteroatoms. The molecule has 1 N–H and O–H groups in total. The molecule has 4 nitrogen and oxygen atoms in total. The average molecular weight is 281 g/mol. The van der Waals surface area contributed by atoms with Crippen LogP contribution in [0.15, 0.2) is 24.3 Å². The number of hydrogen-bond acceptors (Lipinski definition) is 3. The molecule has 0 bridgehead atoms. The van der Waals surface area contributed by atoms with Crippen LogP contribution < -0.4 is 4.74 Å². The lowest BCUT2D eigenvalue weighted by Gasteiger charge is -2.34. The summed E-state index contributed by atoms with van der Waals surface area (Å²) in [6.45, 7) is 2.78. The van der Waals surface area contributed by atoms with Gasteiger partial charge in [0, 0.05) is 19.0 Å². The Morgan fingerprint density at radius 2 is 2.30 bits per heavy atom. The van der Waals surface area contributed by atoms with Crippen molar-refractivity contribution in [2.24, 2.45) is 5.92 Å². The molecule has 0 saturated carbocycles. The highest BCUT2D eigenvalue weighted by molar-refractivity contribution is 5.77. The first-order valence-corrected chi connectivity index (χ1v) is 6.91. The van der Waals surface area contributed by atoms with Crippen LogP contribution in [0.4, 0.5) is 4.39 Å². The number of carbonyl (C=O) groups excluding carboxylic acids is 1. The van der Waals surface area contributed by atoms with Crippen LogP contribution in [-0.2, 0) is 4.79 Å². The summed E-state index contributed by atoms with van der Waals surface area (Å²) in [6.07, 6.45) is 1.38. The van der Waals surface area contributed by atoms with Crippen molar-refractivity contribution in [3.05, 3.63) is 30.1 Å². The molecule has 1 aromatic rings. The van der Waals surface area contributed by atoms with Crippen LogP contribution in [0, 0.1) is 11.7 Å². The molecule has 0 aliphatic carbocycles. The number of rotatable bonds is 4. The Balaban J connectivity index is 1.87. The first-order chi connectivity index (χ1) is 9.58. The Morgan fingerprint density at radius 3 is 3.00 bits per heavy atom. The van der Waals surface area contributed by atoms with Gasteiger partial charge in [0.2, 0.25) is 0 Å². The zero-order chi connectivity index (χ0) is 14.5.